The van der Waals surface area contributed by atoms with Gasteiger partial charge in [0.15, 0.2) is 0 Å². The molecule has 26 heavy (non-hydrogen) atoms. The van der Waals surface area contributed by atoms with Crippen LogP contribution < -0.4 is 15.4 Å². The molecule has 2 amide bonds. The van der Waals surface area contributed by atoms with E-state index >= 15 is 0 Å². The molecule has 0 atom stereocenters. The summed E-state index contributed by atoms with van der Waals surface area (Å²) in [6.45, 7) is 0. The SMILES string of the molecule is COc1ccccc1C(=O)Nc1cccc(C(=O)Nc2ccccc2)c1. The van der Waals surface area contributed by atoms with E-state index in [0.29, 0.717) is 28.3 Å². The second-order valence-electron chi connectivity index (χ2n) is 5.56. The lowest BCUT2D eigenvalue weighted by atomic mass is 10.1. The Balaban J connectivity index is 1.75. The molecule has 0 aliphatic carbocycles. The number of para-hydroxylation sites is 2. The van der Waals surface area contributed by atoms with E-state index in [1.54, 1.807) is 48.5 Å². The van der Waals surface area contributed by atoms with E-state index in [0.717, 1.165) is 0 Å². The molecule has 0 saturated heterocycles. The lowest BCUT2D eigenvalue weighted by Gasteiger charge is -2.10. The van der Waals surface area contributed by atoms with Crippen molar-refractivity contribution in [1.29, 1.82) is 0 Å². The van der Waals surface area contributed by atoms with Crippen molar-refractivity contribution in [1.82, 2.24) is 0 Å². The molecule has 0 aromatic heterocycles. The molecular weight excluding hydrogens is 328 g/mol. The van der Waals surface area contributed by atoms with Gasteiger partial charge in [0.05, 0.1) is 12.7 Å². The summed E-state index contributed by atoms with van der Waals surface area (Å²) in [7, 11) is 1.51. The molecule has 3 rings (SSSR count). The van der Waals surface area contributed by atoms with Crippen LogP contribution in [0.1, 0.15) is 20.7 Å². The predicted octanol–water partition coefficient (Wildman–Crippen LogP) is 4.20. The van der Waals surface area contributed by atoms with Crippen molar-refractivity contribution in [3.05, 3.63) is 90.0 Å². The fourth-order valence-electron chi connectivity index (χ4n) is 2.49. The molecule has 0 radical (unpaired) electrons. The molecule has 2 N–H and O–H groups in total. The fraction of sp³-hybridized carbons (Fsp3) is 0.0476. The molecule has 0 spiro atoms. The highest BCUT2D eigenvalue weighted by Crippen LogP contribution is 2.20. The largest absolute Gasteiger partial charge is 0.496 e. The first kappa shape index (κ1) is 17.2. The summed E-state index contributed by atoms with van der Waals surface area (Å²) in [6.07, 6.45) is 0. The third kappa shape index (κ3) is 4.08. The number of ether oxygens (including phenoxy) is 1. The molecule has 5 nitrogen and oxygen atoms in total. The van der Waals surface area contributed by atoms with E-state index in [1.807, 2.05) is 30.3 Å². The van der Waals surface area contributed by atoms with Crippen molar-refractivity contribution >= 4 is 23.2 Å². The highest BCUT2D eigenvalue weighted by molar-refractivity contribution is 6.08. The highest BCUT2D eigenvalue weighted by Gasteiger charge is 2.13. The van der Waals surface area contributed by atoms with Crippen molar-refractivity contribution in [3.63, 3.8) is 0 Å². The van der Waals surface area contributed by atoms with Crippen LogP contribution in [0.25, 0.3) is 0 Å². The quantitative estimate of drug-likeness (QED) is 0.727. The van der Waals surface area contributed by atoms with Gasteiger partial charge in [-0.05, 0) is 42.5 Å². The molecular formula is C21H18N2O3. The minimum Gasteiger partial charge on any atom is -0.496 e. The van der Waals surface area contributed by atoms with Crippen LogP contribution in [-0.4, -0.2) is 18.9 Å². The summed E-state index contributed by atoms with van der Waals surface area (Å²) in [5.74, 6) is -0.0596. The fourth-order valence-corrected chi connectivity index (χ4v) is 2.49. The van der Waals surface area contributed by atoms with Gasteiger partial charge in [-0.15, -0.1) is 0 Å². The molecule has 0 aliphatic heterocycles. The van der Waals surface area contributed by atoms with E-state index in [4.69, 9.17) is 4.74 Å². The Bertz CT molecular complexity index is 923. The van der Waals surface area contributed by atoms with E-state index in [-0.39, 0.29) is 11.8 Å². The Morgan fingerprint density at radius 2 is 1.38 bits per heavy atom. The highest BCUT2D eigenvalue weighted by atomic mass is 16.5. The number of anilines is 2. The minimum atomic E-state index is -0.303. The zero-order valence-electron chi connectivity index (χ0n) is 14.2. The Labute approximate surface area is 151 Å². The molecule has 0 aliphatic rings. The summed E-state index contributed by atoms with van der Waals surface area (Å²) in [4.78, 5) is 24.9. The number of amides is 2. The maximum Gasteiger partial charge on any atom is 0.259 e. The van der Waals surface area contributed by atoms with Gasteiger partial charge in [-0.3, -0.25) is 9.59 Å². The van der Waals surface area contributed by atoms with Gasteiger partial charge in [-0.1, -0.05) is 36.4 Å². The maximum absolute atomic E-state index is 12.5. The number of hydrogen-bond donors (Lipinski definition) is 2. The molecule has 0 heterocycles. The van der Waals surface area contributed by atoms with Gasteiger partial charge in [-0.25, -0.2) is 0 Å². The van der Waals surface area contributed by atoms with Gasteiger partial charge in [0.1, 0.15) is 5.75 Å². The zero-order valence-corrected chi connectivity index (χ0v) is 14.2. The third-order valence-corrected chi connectivity index (χ3v) is 3.77. The molecule has 0 unspecified atom stereocenters. The van der Waals surface area contributed by atoms with Crippen LogP contribution in [-0.2, 0) is 0 Å². The topological polar surface area (TPSA) is 67.4 Å². The van der Waals surface area contributed by atoms with Crippen molar-refractivity contribution in [2.75, 3.05) is 17.7 Å². The second kappa shape index (κ2) is 7.98. The Hall–Kier alpha value is -3.60. The normalized spacial score (nSPS) is 10.0. The first-order valence-corrected chi connectivity index (χ1v) is 8.08. The van der Waals surface area contributed by atoms with Crippen LogP contribution in [0.15, 0.2) is 78.9 Å². The second-order valence-corrected chi connectivity index (χ2v) is 5.56. The molecule has 0 saturated carbocycles. The summed E-state index contributed by atoms with van der Waals surface area (Å²) >= 11 is 0. The number of benzene rings is 3. The minimum absolute atomic E-state index is 0.246. The van der Waals surface area contributed by atoms with Gasteiger partial charge in [0.25, 0.3) is 11.8 Å². The molecule has 3 aromatic rings. The van der Waals surface area contributed by atoms with Crippen LogP contribution in [0.5, 0.6) is 5.75 Å². The summed E-state index contributed by atoms with van der Waals surface area (Å²) in [5, 5.41) is 5.61. The van der Waals surface area contributed by atoms with E-state index < -0.39 is 0 Å². The number of methoxy groups -OCH3 is 1. The number of nitrogens with one attached hydrogen (secondary N) is 2. The monoisotopic (exact) mass is 346 g/mol. The van der Waals surface area contributed by atoms with Crippen LogP contribution in [0.4, 0.5) is 11.4 Å². The van der Waals surface area contributed by atoms with Crippen molar-refractivity contribution < 1.29 is 14.3 Å². The number of rotatable bonds is 5. The summed E-state index contributed by atoms with van der Waals surface area (Å²) in [5.41, 5.74) is 2.11. The van der Waals surface area contributed by atoms with Crippen LogP contribution in [0, 0.1) is 0 Å². The Morgan fingerprint density at radius 1 is 0.731 bits per heavy atom. The Kier molecular flexibility index (Phi) is 5.29. The average Bonchev–Trinajstić information content (AvgIpc) is 2.69. The zero-order chi connectivity index (χ0) is 18.4. The van der Waals surface area contributed by atoms with Crippen molar-refractivity contribution in [2.45, 2.75) is 0 Å². The van der Waals surface area contributed by atoms with Crippen molar-refractivity contribution in [3.8, 4) is 5.75 Å². The molecule has 0 fully saturated rings. The van der Waals surface area contributed by atoms with Crippen LogP contribution in [0.3, 0.4) is 0 Å². The molecule has 3 aromatic carbocycles. The van der Waals surface area contributed by atoms with Gasteiger partial charge >= 0.3 is 0 Å². The van der Waals surface area contributed by atoms with Crippen molar-refractivity contribution in [2.24, 2.45) is 0 Å². The van der Waals surface area contributed by atoms with E-state index in [2.05, 4.69) is 10.6 Å². The van der Waals surface area contributed by atoms with Gasteiger partial charge in [0.2, 0.25) is 0 Å². The number of carbonyl (C=O) groups excluding carboxylic acids is 2. The molecule has 130 valence electrons. The Morgan fingerprint density at radius 3 is 2.15 bits per heavy atom. The number of carbonyl (C=O) groups is 2. The standard InChI is InChI=1S/C21H18N2O3/c1-26-19-13-6-5-12-18(19)21(25)23-17-11-7-8-15(14-17)20(24)22-16-9-3-2-4-10-16/h2-14H,1H3,(H,22,24)(H,23,25). The maximum atomic E-state index is 12.5. The molecule has 0 bridgehead atoms. The van der Waals surface area contributed by atoms with Crippen LogP contribution >= 0.6 is 0 Å². The number of hydrogen-bond acceptors (Lipinski definition) is 3. The molecule has 5 heteroatoms. The van der Waals surface area contributed by atoms with E-state index in [9.17, 15) is 9.59 Å². The summed E-state index contributed by atoms with van der Waals surface area (Å²) in [6, 6.07) is 22.9. The van der Waals surface area contributed by atoms with Gasteiger partial charge in [0, 0.05) is 16.9 Å². The average molecular weight is 346 g/mol. The van der Waals surface area contributed by atoms with Gasteiger partial charge < -0.3 is 15.4 Å². The lowest BCUT2D eigenvalue weighted by Crippen LogP contribution is -2.15. The first-order chi connectivity index (χ1) is 12.7. The van der Waals surface area contributed by atoms with Gasteiger partial charge in [-0.2, -0.15) is 0 Å². The van der Waals surface area contributed by atoms with E-state index in [1.165, 1.54) is 7.11 Å². The smallest absolute Gasteiger partial charge is 0.259 e. The summed E-state index contributed by atoms with van der Waals surface area (Å²) < 4.78 is 5.21. The third-order valence-electron chi connectivity index (χ3n) is 3.77. The first-order valence-electron chi connectivity index (χ1n) is 8.08. The van der Waals surface area contributed by atoms with Crippen LogP contribution in [0.2, 0.25) is 0 Å². The predicted molar refractivity (Wildman–Crippen MR) is 102 cm³/mol. The lowest BCUT2D eigenvalue weighted by molar-refractivity contribution is 0.101.